The second-order valence-electron chi connectivity index (χ2n) is 4.28. The van der Waals surface area contributed by atoms with Gasteiger partial charge in [-0.1, -0.05) is 17.7 Å². The normalized spacial score (nSPS) is 13.5. The van der Waals surface area contributed by atoms with Crippen molar-refractivity contribution in [2.24, 2.45) is 0 Å². The van der Waals surface area contributed by atoms with Gasteiger partial charge in [0.05, 0.1) is 5.02 Å². The number of rotatable bonds is 4. The van der Waals surface area contributed by atoms with Gasteiger partial charge in [0, 0.05) is 18.0 Å². The Morgan fingerprint density at radius 2 is 2.11 bits per heavy atom. The summed E-state index contributed by atoms with van der Waals surface area (Å²) in [5.74, 6) is 1.40. The Morgan fingerprint density at radius 3 is 2.95 bits per heavy atom. The van der Waals surface area contributed by atoms with Crippen LogP contribution in [0.4, 0.5) is 0 Å². The van der Waals surface area contributed by atoms with Gasteiger partial charge in [-0.25, -0.2) is 0 Å². The molecule has 0 bridgehead atoms. The van der Waals surface area contributed by atoms with E-state index in [4.69, 9.17) is 21.1 Å². The fraction of sp³-hybridized carbons (Fsp3) is 0.286. The molecule has 2 aromatic rings. The molecule has 0 fully saturated rings. The van der Waals surface area contributed by atoms with Crippen molar-refractivity contribution in [2.45, 2.75) is 13.1 Å². The molecule has 0 saturated carbocycles. The van der Waals surface area contributed by atoms with Crippen LogP contribution in [0, 0.1) is 0 Å². The first-order chi connectivity index (χ1) is 9.33. The summed E-state index contributed by atoms with van der Waals surface area (Å²) in [6, 6.07) is 8.09. The fourth-order valence-corrected chi connectivity index (χ4v) is 2.97. The molecule has 5 heteroatoms. The number of nitrogens with one attached hydrogen (secondary N) is 1. The van der Waals surface area contributed by atoms with E-state index in [2.05, 4.69) is 22.8 Å². The number of hydrogen-bond donors (Lipinski definition) is 1. The maximum Gasteiger partial charge on any atom is 0.179 e. The summed E-state index contributed by atoms with van der Waals surface area (Å²) in [5.41, 5.74) is 1.10. The average Bonchev–Trinajstić information content (AvgIpc) is 2.92. The second kappa shape index (κ2) is 5.82. The Labute approximate surface area is 121 Å². The average molecular weight is 296 g/mol. The molecule has 1 aromatic carbocycles. The molecule has 0 radical (unpaired) electrons. The lowest BCUT2D eigenvalue weighted by atomic mass is 10.2. The molecule has 1 aliphatic rings. The largest absolute Gasteiger partial charge is 0.486 e. The van der Waals surface area contributed by atoms with Crippen molar-refractivity contribution in [1.29, 1.82) is 0 Å². The first-order valence-corrected chi connectivity index (χ1v) is 7.40. The van der Waals surface area contributed by atoms with Crippen LogP contribution in [-0.4, -0.2) is 13.2 Å². The minimum Gasteiger partial charge on any atom is -0.486 e. The van der Waals surface area contributed by atoms with Gasteiger partial charge >= 0.3 is 0 Å². The molecule has 0 unspecified atom stereocenters. The van der Waals surface area contributed by atoms with Crippen LogP contribution >= 0.6 is 22.9 Å². The van der Waals surface area contributed by atoms with Crippen LogP contribution in [0.5, 0.6) is 11.5 Å². The Kier molecular flexibility index (Phi) is 3.92. The third-order valence-electron chi connectivity index (χ3n) is 2.87. The minimum atomic E-state index is 0.558. The molecule has 0 amide bonds. The van der Waals surface area contributed by atoms with E-state index in [-0.39, 0.29) is 0 Å². The molecule has 2 heterocycles. The van der Waals surface area contributed by atoms with E-state index in [0.717, 1.165) is 24.4 Å². The van der Waals surface area contributed by atoms with Crippen LogP contribution in [-0.2, 0) is 13.1 Å². The molecule has 0 aliphatic carbocycles. The number of fused-ring (bicyclic) bond motifs is 1. The number of thiophene rings is 1. The zero-order chi connectivity index (χ0) is 13.1. The van der Waals surface area contributed by atoms with E-state index in [0.29, 0.717) is 24.0 Å². The predicted octanol–water partition coefficient (Wildman–Crippen LogP) is 3.46. The van der Waals surface area contributed by atoms with E-state index >= 15 is 0 Å². The third-order valence-corrected chi connectivity index (χ3v) is 4.02. The molecule has 3 rings (SSSR count). The highest BCUT2D eigenvalue weighted by atomic mass is 35.5. The van der Waals surface area contributed by atoms with Crippen molar-refractivity contribution in [1.82, 2.24) is 5.32 Å². The molecule has 3 nitrogen and oxygen atoms in total. The van der Waals surface area contributed by atoms with Crippen molar-refractivity contribution in [2.75, 3.05) is 13.2 Å². The quantitative estimate of drug-likeness (QED) is 0.937. The maximum absolute atomic E-state index is 6.20. The standard InChI is InChI=1S/C14H14ClNO2S/c15-12-6-10(7-13-14(12)18-4-3-17-13)8-16-9-11-2-1-5-19-11/h1-2,5-7,16H,3-4,8-9H2. The lowest BCUT2D eigenvalue weighted by molar-refractivity contribution is 0.171. The SMILES string of the molecule is Clc1cc(CNCc2cccs2)cc2c1OCCO2. The molecule has 19 heavy (non-hydrogen) atoms. The van der Waals surface area contributed by atoms with Gasteiger partial charge in [-0.15, -0.1) is 11.3 Å². The third kappa shape index (κ3) is 3.03. The zero-order valence-corrected chi connectivity index (χ0v) is 11.9. The summed E-state index contributed by atoms with van der Waals surface area (Å²) in [7, 11) is 0. The van der Waals surface area contributed by atoms with Crippen molar-refractivity contribution >= 4 is 22.9 Å². The molecule has 0 saturated heterocycles. The topological polar surface area (TPSA) is 30.5 Å². The number of benzene rings is 1. The van der Waals surface area contributed by atoms with Crippen LogP contribution in [0.1, 0.15) is 10.4 Å². The Hall–Kier alpha value is -1.23. The highest BCUT2D eigenvalue weighted by Crippen LogP contribution is 2.38. The Balaban J connectivity index is 1.66. The van der Waals surface area contributed by atoms with Gasteiger partial charge in [0.15, 0.2) is 11.5 Å². The van der Waals surface area contributed by atoms with Gasteiger partial charge in [-0.3, -0.25) is 0 Å². The van der Waals surface area contributed by atoms with Gasteiger partial charge in [-0.2, -0.15) is 0 Å². The predicted molar refractivity (Wildman–Crippen MR) is 77.3 cm³/mol. The molecular formula is C14H14ClNO2S. The van der Waals surface area contributed by atoms with Crippen LogP contribution in [0.15, 0.2) is 29.6 Å². The van der Waals surface area contributed by atoms with E-state index in [1.807, 2.05) is 12.1 Å². The summed E-state index contributed by atoms with van der Waals surface area (Å²) in [6.45, 7) is 2.76. The summed E-state index contributed by atoms with van der Waals surface area (Å²) < 4.78 is 11.1. The van der Waals surface area contributed by atoms with Gasteiger partial charge in [0.25, 0.3) is 0 Å². The van der Waals surface area contributed by atoms with Gasteiger partial charge in [0.2, 0.25) is 0 Å². The van der Waals surface area contributed by atoms with Crippen molar-refractivity contribution < 1.29 is 9.47 Å². The lowest BCUT2D eigenvalue weighted by Crippen LogP contribution is -2.17. The summed E-state index contributed by atoms with van der Waals surface area (Å²) in [5, 5.41) is 6.09. The molecule has 0 atom stereocenters. The van der Waals surface area contributed by atoms with Gasteiger partial charge in [0.1, 0.15) is 13.2 Å². The molecule has 100 valence electrons. The van der Waals surface area contributed by atoms with Crippen LogP contribution in [0.25, 0.3) is 0 Å². The fourth-order valence-electron chi connectivity index (χ4n) is 2.01. The number of hydrogen-bond acceptors (Lipinski definition) is 4. The maximum atomic E-state index is 6.20. The van der Waals surface area contributed by atoms with E-state index in [9.17, 15) is 0 Å². The Morgan fingerprint density at radius 1 is 1.21 bits per heavy atom. The highest BCUT2D eigenvalue weighted by molar-refractivity contribution is 7.09. The second-order valence-corrected chi connectivity index (χ2v) is 5.72. The first-order valence-electron chi connectivity index (χ1n) is 6.14. The van der Waals surface area contributed by atoms with Crippen molar-refractivity contribution in [3.63, 3.8) is 0 Å². The van der Waals surface area contributed by atoms with Crippen LogP contribution < -0.4 is 14.8 Å². The van der Waals surface area contributed by atoms with E-state index < -0.39 is 0 Å². The van der Waals surface area contributed by atoms with Gasteiger partial charge in [-0.05, 0) is 29.1 Å². The minimum absolute atomic E-state index is 0.558. The first kappa shape index (κ1) is 12.8. The highest BCUT2D eigenvalue weighted by Gasteiger charge is 2.16. The summed E-state index contributed by atoms with van der Waals surface area (Å²) in [6.07, 6.45) is 0. The number of ether oxygens (including phenoxy) is 2. The molecule has 1 N–H and O–H groups in total. The summed E-state index contributed by atoms with van der Waals surface area (Å²) in [4.78, 5) is 1.32. The van der Waals surface area contributed by atoms with E-state index in [1.165, 1.54) is 4.88 Å². The van der Waals surface area contributed by atoms with Crippen molar-refractivity contribution in [3.8, 4) is 11.5 Å². The monoisotopic (exact) mass is 295 g/mol. The van der Waals surface area contributed by atoms with Crippen molar-refractivity contribution in [3.05, 3.63) is 45.1 Å². The molecule has 1 aliphatic heterocycles. The molecule has 1 aromatic heterocycles. The lowest BCUT2D eigenvalue weighted by Gasteiger charge is -2.20. The van der Waals surface area contributed by atoms with Gasteiger partial charge < -0.3 is 14.8 Å². The Bertz CT molecular complexity index is 557. The molecular weight excluding hydrogens is 282 g/mol. The van der Waals surface area contributed by atoms with Crippen LogP contribution in [0.3, 0.4) is 0 Å². The smallest absolute Gasteiger partial charge is 0.179 e. The van der Waals surface area contributed by atoms with E-state index in [1.54, 1.807) is 11.3 Å². The zero-order valence-electron chi connectivity index (χ0n) is 10.3. The van der Waals surface area contributed by atoms with Crippen LogP contribution in [0.2, 0.25) is 5.02 Å². The molecule has 0 spiro atoms. The number of halogens is 1. The summed E-state index contributed by atoms with van der Waals surface area (Å²) >= 11 is 7.95.